The number of aromatic nitrogens is 4. The minimum atomic E-state index is -0.367. The summed E-state index contributed by atoms with van der Waals surface area (Å²) in [7, 11) is 1.95. The summed E-state index contributed by atoms with van der Waals surface area (Å²) in [5, 5.41) is 7.65. The van der Waals surface area contributed by atoms with Crippen molar-refractivity contribution in [2.45, 2.75) is 13.0 Å². The highest BCUT2D eigenvalue weighted by Gasteiger charge is 2.35. The van der Waals surface area contributed by atoms with E-state index in [9.17, 15) is 9.59 Å². The standard InChI is InChI=1S/C28H24N6O2/c1-33-16-20(18-8-2-4-10-22(18)33)24-25(27(36)32-26(24)35)21-17-34(23-11-5-3-9-19(21)23)15-7-14-31-28-29-12-6-13-30-28/h2-6,8-13,16-17H,7,14-15H2,1H3,(H,29,30,31)(H,32,35,36). The summed E-state index contributed by atoms with van der Waals surface area (Å²) in [5.41, 5.74) is 4.38. The van der Waals surface area contributed by atoms with E-state index in [4.69, 9.17) is 0 Å². The van der Waals surface area contributed by atoms with Crippen LogP contribution in [-0.4, -0.2) is 37.5 Å². The van der Waals surface area contributed by atoms with Crippen LogP contribution < -0.4 is 10.6 Å². The molecule has 6 rings (SSSR count). The summed E-state index contributed by atoms with van der Waals surface area (Å²) < 4.78 is 4.13. The van der Waals surface area contributed by atoms with Crippen LogP contribution >= 0.6 is 0 Å². The van der Waals surface area contributed by atoms with Gasteiger partial charge in [0.15, 0.2) is 0 Å². The van der Waals surface area contributed by atoms with Crippen LogP contribution in [0.15, 0.2) is 79.4 Å². The SMILES string of the molecule is Cn1cc(C2=C(c3cn(CCCNc4ncccn4)c4ccccc34)C(=O)NC2=O)c2ccccc21. The number of anilines is 1. The number of rotatable bonds is 7. The van der Waals surface area contributed by atoms with E-state index in [1.807, 2.05) is 72.5 Å². The maximum Gasteiger partial charge on any atom is 0.259 e. The molecule has 0 saturated heterocycles. The maximum absolute atomic E-state index is 13.2. The van der Waals surface area contributed by atoms with Crippen LogP contribution in [0.3, 0.4) is 0 Å². The van der Waals surface area contributed by atoms with Crippen molar-refractivity contribution in [3.8, 4) is 0 Å². The van der Waals surface area contributed by atoms with Gasteiger partial charge in [-0.1, -0.05) is 36.4 Å². The van der Waals surface area contributed by atoms with Crippen molar-refractivity contribution in [3.63, 3.8) is 0 Å². The van der Waals surface area contributed by atoms with Gasteiger partial charge in [0.1, 0.15) is 0 Å². The summed E-state index contributed by atoms with van der Waals surface area (Å²) in [6.45, 7) is 1.43. The zero-order valence-corrected chi connectivity index (χ0v) is 19.7. The summed E-state index contributed by atoms with van der Waals surface area (Å²) >= 11 is 0. The van der Waals surface area contributed by atoms with Crippen LogP contribution in [0.5, 0.6) is 0 Å². The van der Waals surface area contributed by atoms with Gasteiger partial charge in [0, 0.05) is 77.9 Å². The highest BCUT2D eigenvalue weighted by molar-refractivity contribution is 6.50. The number of benzene rings is 2. The van der Waals surface area contributed by atoms with Crippen molar-refractivity contribution < 1.29 is 9.59 Å². The lowest BCUT2D eigenvalue weighted by Gasteiger charge is -2.06. The Kier molecular flexibility index (Phi) is 5.33. The Morgan fingerprint density at radius 2 is 1.42 bits per heavy atom. The fourth-order valence-corrected chi connectivity index (χ4v) is 4.98. The molecule has 0 atom stereocenters. The molecule has 3 aromatic heterocycles. The number of imide groups is 1. The summed E-state index contributed by atoms with van der Waals surface area (Å²) in [5.74, 6) is -0.134. The third-order valence-corrected chi connectivity index (χ3v) is 6.58. The van der Waals surface area contributed by atoms with Gasteiger partial charge in [-0.3, -0.25) is 14.9 Å². The Balaban J connectivity index is 1.41. The van der Waals surface area contributed by atoms with Crippen molar-refractivity contribution in [2.24, 2.45) is 7.05 Å². The summed E-state index contributed by atoms with van der Waals surface area (Å²) in [4.78, 5) is 34.6. The summed E-state index contributed by atoms with van der Waals surface area (Å²) in [6.07, 6.45) is 8.15. The van der Waals surface area contributed by atoms with Gasteiger partial charge in [0.05, 0.1) is 11.1 Å². The first-order valence-electron chi connectivity index (χ1n) is 11.9. The minimum Gasteiger partial charge on any atom is -0.354 e. The van der Waals surface area contributed by atoms with E-state index in [1.165, 1.54) is 0 Å². The van der Waals surface area contributed by atoms with E-state index in [2.05, 4.69) is 25.2 Å². The van der Waals surface area contributed by atoms with E-state index in [-0.39, 0.29) is 11.8 Å². The van der Waals surface area contributed by atoms with E-state index >= 15 is 0 Å². The molecule has 4 heterocycles. The predicted molar refractivity (Wildman–Crippen MR) is 140 cm³/mol. The van der Waals surface area contributed by atoms with Crippen molar-refractivity contribution >= 4 is 50.7 Å². The van der Waals surface area contributed by atoms with Gasteiger partial charge in [0.2, 0.25) is 5.95 Å². The van der Waals surface area contributed by atoms with E-state index in [0.29, 0.717) is 23.6 Å². The zero-order chi connectivity index (χ0) is 24.6. The second-order valence-corrected chi connectivity index (χ2v) is 8.81. The number of nitrogens with zero attached hydrogens (tertiary/aromatic N) is 4. The molecule has 2 amide bonds. The molecule has 2 N–H and O–H groups in total. The number of para-hydroxylation sites is 2. The molecule has 8 heteroatoms. The average molecular weight is 477 g/mol. The lowest BCUT2D eigenvalue weighted by atomic mass is 9.95. The first-order chi connectivity index (χ1) is 17.6. The van der Waals surface area contributed by atoms with E-state index < -0.39 is 0 Å². The molecule has 0 saturated carbocycles. The first-order valence-corrected chi connectivity index (χ1v) is 11.9. The van der Waals surface area contributed by atoms with Gasteiger partial charge in [-0.15, -0.1) is 0 Å². The number of aryl methyl sites for hydroxylation is 2. The molecule has 2 aromatic carbocycles. The lowest BCUT2D eigenvalue weighted by molar-refractivity contribution is -0.122. The Morgan fingerprint density at radius 1 is 0.806 bits per heavy atom. The van der Waals surface area contributed by atoms with Crippen molar-refractivity contribution in [1.29, 1.82) is 0 Å². The molecule has 5 aromatic rings. The first kappa shape index (κ1) is 21.8. The second kappa shape index (κ2) is 8.81. The van der Waals surface area contributed by atoms with Gasteiger partial charge in [-0.05, 0) is 24.6 Å². The van der Waals surface area contributed by atoms with Gasteiger partial charge in [-0.25, -0.2) is 9.97 Å². The van der Waals surface area contributed by atoms with Gasteiger partial charge in [0.25, 0.3) is 11.8 Å². The average Bonchev–Trinajstić information content (AvgIpc) is 3.53. The van der Waals surface area contributed by atoms with Gasteiger partial charge >= 0.3 is 0 Å². The van der Waals surface area contributed by atoms with Crippen molar-refractivity contribution in [3.05, 3.63) is 90.5 Å². The third kappa shape index (κ3) is 3.63. The zero-order valence-electron chi connectivity index (χ0n) is 19.7. The monoisotopic (exact) mass is 476 g/mol. The van der Waals surface area contributed by atoms with Crippen LogP contribution in [0.1, 0.15) is 17.5 Å². The summed E-state index contributed by atoms with van der Waals surface area (Å²) in [6, 6.07) is 17.7. The maximum atomic E-state index is 13.2. The normalized spacial score (nSPS) is 13.7. The molecule has 0 spiro atoms. The highest BCUT2D eigenvalue weighted by Crippen LogP contribution is 2.38. The molecule has 0 radical (unpaired) electrons. The Morgan fingerprint density at radius 3 is 2.14 bits per heavy atom. The minimum absolute atomic E-state index is 0.366. The smallest absolute Gasteiger partial charge is 0.259 e. The molecule has 36 heavy (non-hydrogen) atoms. The van der Waals surface area contributed by atoms with Crippen LogP contribution in [0.2, 0.25) is 0 Å². The molecule has 0 aliphatic carbocycles. The number of amides is 2. The van der Waals surface area contributed by atoms with Gasteiger partial charge in [-0.2, -0.15) is 0 Å². The molecule has 8 nitrogen and oxygen atoms in total. The topological polar surface area (TPSA) is 93.8 Å². The molecule has 0 fully saturated rings. The second-order valence-electron chi connectivity index (χ2n) is 8.81. The van der Waals surface area contributed by atoms with E-state index in [1.54, 1.807) is 18.5 Å². The molecule has 178 valence electrons. The third-order valence-electron chi connectivity index (χ3n) is 6.58. The Bertz CT molecular complexity index is 1660. The highest BCUT2D eigenvalue weighted by atomic mass is 16.2. The molecule has 1 aliphatic heterocycles. The quantitative estimate of drug-likeness (QED) is 0.274. The number of hydrogen-bond acceptors (Lipinski definition) is 5. The fraction of sp³-hybridized carbons (Fsp3) is 0.143. The molecule has 1 aliphatic rings. The van der Waals surface area contributed by atoms with Crippen LogP contribution in [0.4, 0.5) is 5.95 Å². The number of nitrogens with one attached hydrogen (secondary N) is 2. The van der Waals surface area contributed by atoms with Crippen LogP contribution in [0.25, 0.3) is 33.0 Å². The van der Waals surface area contributed by atoms with Gasteiger partial charge < -0.3 is 14.5 Å². The number of carbonyl (C=O) groups excluding carboxylic acids is 2. The number of fused-ring (bicyclic) bond motifs is 2. The van der Waals surface area contributed by atoms with Crippen molar-refractivity contribution in [2.75, 3.05) is 11.9 Å². The fourth-order valence-electron chi connectivity index (χ4n) is 4.98. The predicted octanol–water partition coefficient (Wildman–Crippen LogP) is 3.99. The number of carbonyl (C=O) groups is 2. The molecular formula is C28H24N6O2. The molecule has 0 unspecified atom stereocenters. The van der Waals surface area contributed by atoms with Crippen LogP contribution in [-0.2, 0) is 23.2 Å². The molecule has 0 bridgehead atoms. The Labute approximate surface area is 207 Å². The largest absolute Gasteiger partial charge is 0.354 e. The van der Waals surface area contributed by atoms with Crippen LogP contribution in [0, 0.1) is 0 Å². The Hall–Kier alpha value is -4.72. The molecular weight excluding hydrogens is 452 g/mol. The van der Waals surface area contributed by atoms with Crippen molar-refractivity contribution in [1.82, 2.24) is 24.4 Å². The van der Waals surface area contributed by atoms with E-state index in [0.717, 1.165) is 45.9 Å². The number of hydrogen-bond donors (Lipinski definition) is 2. The lowest BCUT2D eigenvalue weighted by Crippen LogP contribution is -2.22.